The summed E-state index contributed by atoms with van der Waals surface area (Å²) in [6, 6.07) is 4.10. The molecule has 0 saturated heterocycles. The quantitative estimate of drug-likeness (QED) is 0.847. The van der Waals surface area contributed by atoms with Gasteiger partial charge >= 0.3 is 0 Å². The summed E-state index contributed by atoms with van der Waals surface area (Å²) in [5, 5.41) is 2.91. The molecule has 1 heterocycles. The number of hydrogen-bond donors (Lipinski definition) is 2. The number of halogens is 1. The summed E-state index contributed by atoms with van der Waals surface area (Å²) in [6.07, 6.45) is 2.09. The first kappa shape index (κ1) is 14.7. The highest BCUT2D eigenvalue weighted by atomic mass is 79.9. The van der Waals surface area contributed by atoms with E-state index in [1.165, 1.54) is 4.88 Å². The van der Waals surface area contributed by atoms with E-state index in [0.717, 1.165) is 10.2 Å². The Labute approximate surface area is 115 Å². The van der Waals surface area contributed by atoms with Crippen molar-refractivity contribution in [1.82, 2.24) is 5.32 Å². The maximum Gasteiger partial charge on any atom is 0.220 e. The minimum Gasteiger partial charge on any atom is -0.356 e. The van der Waals surface area contributed by atoms with Crippen LogP contribution in [0.15, 0.2) is 15.9 Å². The molecular weight excluding hydrogens is 300 g/mol. The zero-order valence-corrected chi connectivity index (χ0v) is 12.7. The van der Waals surface area contributed by atoms with Gasteiger partial charge in [0.15, 0.2) is 0 Å². The van der Waals surface area contributed by atoms with Gasteiger partial charge in [-0.3, -0.25) is 4.79 Å². The Balaban J connectivity index is 2.16. The Morgan fingerprint density at radius 2 is 2.24 bits per heavy atom. The molecule has 0 spiro atoms. The van der Waals surface area contributed by atoms with Crippen molar-refractivity contribution in [3.05, 3.63) is 20.8 Å². The van der Waals surface area contributed by atoms with Gasteiger partial charge in [-0.1, -0.05) is 0 Å². The maximum absolute atomic E-state index is 11.5. The van der Waals surface area contributed by atoms with Crippen molar-refractivity contribution >= 4 is 33.2 Å². The van der Waals surface area contributed by atoms with Crippen LogP contribution in [0.5, 0.6) is 0 Å². The minimum absolute atomic E-state index is 0.0825. The number of hydrogen-bond acceptors (Lipinski definition) is 3. The van der Waals surface area contributed by atoms with Crippen LogP contribution in [0, 0.1) is 0 Å². The Morgan fingerprint density at radius 3 is 2.76 bits per heavy atom. The van der Waals surface area contributed by atoms with Gasteiger partial charge in [-0.25, -0.2) is 0 Å². The summed E-state index contributed by atoms with van der Waals surface area (Å²) >= 11 is 5.12. The molecule has 0 aliphatic carbocycles. The van der Waals surface area contributed by atoms with Gasteiger partial charge in [0, 0.05) is 23.4 Å². The van der Waals surface area contributed by atoms with E-state index in [2.05, 4.69) is 27.3 Å². The van der Waals surface area contributed by atoms with Gasteiger partial charge < -0.3 is 11.1 Å². The van der Waals surface area contributed by atoms with Crippen LogP contribution in [0.3, 0.4) is 0 Å². The molecule has 96 valence electrons. The van der Waals surface area contributed by atoms with Gasteiger partial charge in [0.25, 0.3) is 0 Å². The van der Waals surface area contributed by atoms with E-state index in [1.54, 1.807) is 11.3 Å². The highest BCUT2D eigenvalue weighted by Gasteiger charge is 2.12. The lowest BCUT2D eigenvalue weighted by Gasteiger charge is -2.17. The van der Waals surface area contributed by atoms with E-state index in [9.17, 15) is 4.79 Å². The molecule has 0 aliphatic rings. The minimum atomic E-state index is -0.268. The largest absolute Gasteiger partial charge is 0.356 e. The monoisotopic (exact) mass is 318 g/mol. The third-order valence-corrected chi connectivity index (χ3v) is 4.00. The normalized spacial score (nSPS) is 11.5. The lowest BCUT2D eigenvalue weighted by atomic mass is 10.00. The SMILES string of the molecule is CC(C)(N)CCC(=O)NCCc1ccc(Br)s1. The van der Waals surface area contributed by atoms with Gasteiger partial charge in [0.05, 0.1) is 3.79 Å². The molecule has 17 heavy (non-hydrogen) atoms. The van der Waals surface area contributed by atoms with Crippen molar-refractivity contribution < 1.29 is 4.79 Å². The molecule has 3 nitrogen and oxygen atoms in total. The molecule has 3 N–H and O–H groups in total. The average molecular weight is 319 g/mol. The standard InChI is InChI=1S/C12H19BrN2OS/c1-12(2,14)7-5-11(16)15-8-6-9-3-4-10(13)17-9/h3-4H,5-8,14H2,1-2H3,(H,15,16). The van der Waals surface area contributed by atoms with Gasteiger partial charge in [-0.15, -0.1) is 11.3 Å². The van der Waals surface area contributed by atoms with Crippen molar-refractivity contribution in [2.75, 3.05) is 6.54 Å². The molecule has 0 saturated carbocycles. The third kappa shape index (κ3) is 6.81. The van der Waals surface area contributed by atoms with Gasteiger partial charge in [0.2, 0.25) is 5.91 Å². The Kier molecular flexibility index (Phi) is 5.62. The molecule has 0 aromatic carbocycles. The second-order valence-corrected chi connectivity index (χ2v) is 7.34. The number of nitrogens with two attached hydrogens (primary N) is 1. The van der Waals surface area contributed by atoms with Crippen molar-refractivity contribution in [3.63, 3.8) is 0 Å². The maximum atomic E-state index is 11.5. The second kappa shape index (κ2) is 6.52. The fourth-order valence-electron chi connectivity index (χ4n) is 1.34. The number of rotatable bonds is 6. The van der Waals surface area contributed by atoms with E-state index >= 15 is 0 Å². The Bertz CT molecular complexity index is 371. The van der Waals surface area contributed by atoms with Gasteiger partial charge in [-0.2, -0.15) is 0 Å². The molecular formula is C12H19BrN2OS. The van der Waals surface area contributed by atoms with Crippen LogP contribution in [0.4, 0.5) is 0 Å². The van der Waals surface area contributed by atoms with E-state index in [-0.39, 0.29) is 11.4 Å². The molecule has 1 rings (SSSR count). The van der Waals surface area contributed by atoms with Crippen LogP contribution in [0.2, 0.25) is 0 Å². The summed E-state index contributed by atoms with van der Waals surface area (Å²) in [7, 11) is 0. The van der Waals surface area contributed by atoms with Crippen molar-refractivity contribution in [2.45, 2.75) is 38.6 Å². The lowest BCUT2D eigenvalue weighted by Crippen LogP contribution is -2.34. The topological polar surface area (TPSA) is 55.1 Å². The number of thiophene rings is 1. The van der Waals surface area contributed by atoms with Gasteiger partial charge in [0.1, 0.15) is 0 Å². The summed E-state index contributed by atoms with van der Waals surface area (Å²) in [6.45, 7) is 4.56. The predicted octanol–water partition coefficient (Wildman–Crippen LogP) is 2.69. The molecule has 0 bridgehead atoms. The number of nitrogens with one attached hydrogen (secondary N) is 1. The predicted molar refractivity (Wildman–Crippen MR) is 76.2 cm³/mol. The first-order valence-corrected chi connectivity index (χ1v) is 7.27. The fourth-order valence-corrected chi connectivity index (χ4v) is 2.82. The molecule has 0 aliphatic heterocycles. The van der Waals surface area contributed by atoms with E-state index in [4.69, 9.17) is 5.73 Å². The van der Waals surface area contributed by atoms with Gasteiger partial charge in [-0.05, 0) is 54.8 Å². The molecule has 1 amide bonds. The van der Waals surface area contributed by atoms with Crippen LogP contribution in [-0.2, 0) is 11.2 Å². The van der Waals surface area contributed by atoms with Crippen molar-refractivity contribution in [3.8, 4) is 0 Å². The summed E-state index contributed by atoms with van der Waals surface area (Å²) in [5.41, 5.74) is 5.55. The summed E-state index contributed by atoms with van der Waals surface area (Å²) < 4.78 is 1.13. The number of amides is 1. The molecule has 5 heteroatoms. The zero-order chi connectivity index (χ0) is 12.9. The van der Waals surface area contributed by atoms with Crippen LogP contribution >= 0.6 is 27.3 Å². The number of carbonyl (C=O) groups excluding carboxylic acids is 1. The van der Waals surface area contributed by atoms with Crippen LogP contribution < -0.4 is 11.1 Å². The fraction of sp³-hybridized carbons (Fsp3) is 0.583. The first-order chi connectivity index (χ1) is 7.87. The molecule has 0 fully saturated rings. The average Bonchev–Trinajstić information content (AvgIpc) is 2.60. The van der Waals surface area contributed by atoms with E-state index in [1.807, 2.05) is 19.9 Å². The smallest absolute Gasteiger partial charge is 0.220 e. The van der Waals surface area contributed by atoms with Crippen LogP contribution in [-0.4, -0.2) is 18.0 Å². The second-order valence-electron chi connectivity index (χ2n) is 4.79. The van der Waals surface area contributed by atoms with Crippen molar-refractivity contribution in [1.29, 1.82) is 0 Å². The lowest BCUT2D eigenvalue weighted by molar-refractivity contribution is -0.121. The van der Waals surface area contributed by atoms with Crippen LogP contribution in [0.1, 0.15) is 31.6 Å². The van der Waals surface area contributed by atoms with E-state index < -0.39 is 0 Å². The Hall–Kier alpha value is -0.390. The van der Waals surface area contributed by atoms with E-state index in [0.29, 0.717) is 19.4 Å². The zero-order valence-electron chi connectivity index (χ0n) is 10.3. The van der Waals surface area contributed by atoms with Crippen molar-refractivity contribution in [2.24, 2.45) is 5.73 Å². The Morgan fingerprint density at radius 1 is 1.53 bits per heavy atom. The molecule has 0 radical (unpaired) electrons. The third-order valence-electron chi connectivity index (χ3n) is 2.32. The summed E-state index contributed by atoms with van der Waals surface area (Å²) in [4.78, 5) is 12.8. The molecule has 0 unspecified atom stereocenters. The molecule has 1 aromatic heterocycles. The molecule has 0 atom stereocenters. The first-order valence-electron chi connectivity index (χ1n) is 5.66. The molecule has 1 aromatic rings. The highest BCUT2D eigenvalue weighted by molar-refractivity contribution is 9.11. The highest BCUT2D eigenvalue weighted by Crippen LogP contribution is 2.22. The number of carbonyl (C=O) groups is 1. The van der Waals surface area contributed by atoms with Crippen LogP contribution in [0.25, 0.3) is 0 Å². The summed E-state index contributed by atoms with van der Waals surface area (Å²) in [5.74, 6) is 0.0825.